The van der Waals surface area contributed by atoms with Gasteiger partial charge in [0, 0.05) is 7.05 Å². The molecule has 0 bridgehead atoms. The first-order valence-corrected chi connectivity index (χ1v) is 9.01. The van der Waals surface area contributed by atoms with Crippen molar-refractivity contribution in [2.24, 2.45) is 0 Å². The van der Waals surface area contributed by atoms with Crippen molar-refractivity contribution in [2.75, 3.05) is 25.1 Å². The minimum absolute atomic E-state index is 0.0275. The first-order valence-electron chi connectivity index (χ1n) is 9.01. The summed E-state index contributed by atoms with van der Waals surface area (Å²) >= 11 is 0. The molecule has 0 N–H and O–H groups in total. The molecule has 4 rings (SSSR count). The van der Waals surface area contributed by atoms with Crippen molar-refractivity contribution in [1.29, 1.82) is 0 Å². The zero-order valence-electron chi connectivity index (χ0n) is 14.9. The molecular weight excluding hydrogens is 328 g/mol. The first kappa shape index (κ1) is 16.6. The molecule has 0 spiro atoms. The molecule has 0 aromatic heterocycles. The second-order valence-electron chi connectivity index (χ2n) is 6.85. The summed E-state index contributed by atoms with van der Waals surface area (Å²) in [6.07, 6.45) is 3.08. The summed E-state index contributed by atoms with van der Waals surface area (Å²) in [5.41, 5.74) is 3.20. The quantitative estimate of drug-likeness (QED) is 0.855. The number of likely N-dealkylation sites (N-methyl/N-ethyl adjacent to an activating group) is 1. The Morgan fingerprint density at radius 3 is 2.85 bits per heavy atom. The zero-order chi connectivity index (χ0) is 18.1. The van der Waals surface area contributed by atoms with E-state index in [-0.39, 0.29) is 31.0 Å². The molecule has 0 fully saturated rings. The van der Waals surface area contributed by atoms with Gasteiger partial charge in [-0.1, -0.05) is 36.4 Å². The number of para-hydroxylation sites is 2. The summed E-state index contributed by atoms with van der Waals surface area (Å²) in [6.45, 7) is 0.00857. The molecule has 0 radical (unpaired) electrons. The van der Waals surface area contributed by atoms with Gasteiger partial charge in [-0.3, -0.25) is 14.5 Å². The molecule has 1 aliphatic carbocycles. The van der Waals surface area contributed by atoms with Crippen LogP contribution < -0.4 is 9.64 Å². The monoisotopic (exact) mass is 350 g/mol. The Kier molecular flexibility index (Phi) is 4.37. The summed E-state index contributed by atoms with van der Waals surface area (Å²) in [5, 5.41) is 0. The minimum atomic E-state index is -0.186. The second-order valence-corrected chi connectivity index (χ2v) is 6.85. The summed E-state index contributed by atoms with van der Waals surface area (Å²) in [7, 11) is 1.84. The second kappa shape index (κ2) is 6.83. The third kappa shape index (κ3) is 2.94. The van der Waals surface area contributed by atoms with Gasteiger partial charge >= 0.3 is 0 Å². The van der Waals surface area contributed by atoms with Crippen LogP contribution in [0.5, 0.6) is 5.75 Å². The van der Waals surface area contributed by atoms with Crippen molar-refractivity contribution < 1.29 is 14.3 Å². The van der Waals surface area contributed by atoms with Gasteiger partial charge in [0.05, 0.1) is 11.7 Å². The summed E-state index contributed by atoms with van der Waals surface area (Å²) in [6, 6.07) is 15.7. The average molecular weight is 350 g/mol. The highest BCUT2D eigenvalue weighted by Gasteiger charge is 2.31. The standard InChI is InChI=1S/C21H22N2O3/c1-22(17-11-6-8-15-7-2-3-9-16(15)17)20(24)13-23-18-10-4-5-12-19(18)26-14-21(23)25/h2-5,7,9-10,12,17H,6,8,11,13-14H2,1H3/t17-/m1/s1. The molecule has 2 aromatic rings. The van der Waals surface area contributed by atoms with Crippen molar-refractivity contribution in [3.63, 3.8) is 0 Å². The molecular formula is C21H22N2O3. The maximum Gasteiger partial charge on any atom is 0.265 e. The lowest BCUT2D eigenvalue weighted by Gasteiger charge is -2.35. The van der Waals surface area contributed by atoms with Crippen LogP contribution >= 0.6 is 0 Å². The van der Waals surface area contributed by atoms with Crippen LogP contribution in [0, 0.1) is 0 Å². The van der Waals surface area contributed by atoms with E-state index >= 15 is 0 Å². The number of fused-ring (bicyclic) bond motifs is 2. The fourth-order valence-electron chi connectivity index (χ4n) is 3.88. The predicted molar refractivity (Wildman–Crippen MR) is 99.2 cm³/mol. The Labute approximate surface area is 153 Å². The van der Waals surface area contributed by atoms with Gasteiger partial charge < -0.3 is 9.64 Å². The number of nitrogens with zero attached hydrogens (tertiary/aromatic N) is 2. The average Bonchev–Trinajstić information content (AvgIpc) is 2.69. The molecule has 0 saturated carbocycles. The van der Waals surface area contributed by atoms with Crippen LogP contribution in [0.1, 0.15) is 30.0 Å². The number of amides is 2. The van der Waals surface area contributed by atoms with Gasteiger partial charge in [-0.25, -0.2) is 0 Å². The summed E-state index contributed by atoms with van der Waals surface area (Å²) in [4.78, 5) is 28.6. The SMILES string of the molecule is CN(C(=O)CN1C(=O)COc2ccccc21)[C@@H]1CCCc2ccccc21. The smallest absolute Gasteiger partial charge is 0.265 e. The predicted octanol–water partition coefficient (Wildman–Crippen LogP) is 2.95. The number of benzene rings is 2. The number of carbonyl (C=O) groups excluding carboxylic acids is 2. The van der Waals surface area contributed by atoms with Gasteiger partial charge in [0.25, 0.3) is 5.91 Å². The molecule has 26 heavy (non-hydrogen) atoms. The number of carbonyl (C=O) groups is 2. The van der Waals surface area contributed by atoms with Crippen molar-refractivity contribution in [3.8, 4) is 5.75 Å². The largest absolute Gasteiger partial charge is 0.482 e. The molecule has 1 atom stereocenters. The van der Waals surface area contributed by atoms with E-state index in [0.29, 0.717) is 11.4 Å². The van der Waals surface area contributed by atoms with Crippen LogP contribution in [0.15, 0.2) is 48.5 Å². The van der Waals surface area contributed by atoms with Crippen molar-refractivity contribution in [3.05, 3.63) is 59.7 Å². The Bertz CT molecular complexity index is 849. The van der Waals surface area contributed by atoms with Crippen LogP contribution in [0.25, 0.3) is 0 Å². The lowest BCUT2D eigenvalue weighted by molar-refractivity contribution is -0.133. The van der Waals surface area contributed by atoms with Crippen molar-refractivity contribution in [1.82, 2.24) is 4.90 Å². The van der Waals surface area contributed by atoms with E-state index in [1.165, 1.54) is 16.0 Å². The number of aryl methyl sites for hydroxylation is 1. The molecule has 134 valence electrons. The normalized spacial score (nSPS) is 18.6. The molecule has 2 aromatic carbocycles. The number of anilines is 1. The fourth-order valence-corrected chi connectivity index (χ4v) is 3.88. The number of ether oxygens (including phenoxy) is 1. The van der Waals surface area contributed by atoms with E-state index < -0.39 is 0 Å². The molecule has 1 heterocycles. The van der Waals surface area contributed by atoms with Crippen molar-refractivity contribution in [2.45, 2.75) is 25.3 Å². The maximum absolute atomic E-state index is 13.0. The van der Waals surface area contributed by atoms with E-state index in [9.17, 15) is 9.59 Å². The molecule has 5 heteroatoms. The highest BCUT2D eigenvalue weighted by molar-refractivity contribution is 6.02. The van der Waals surface area contributed by atoms with Gasteiger partial charge in [-0.05, 0) is 42.5 Å². The van der Waals surface area contributed by atoms with Gasteiger partial charge in [0.1, 0.15) is 12.3 Å². The maximum atomic E-state index is 13.0. The van der Waals surface area contributed by atoms with Gasteiger partial charge in [-0.2, -0.15) is 0 Å². The number of hydrogen-bond acceptors (Lipinski definition) is 3. The van der Waals surface area contributed by atoms with Crippen LogP contribution in [-0.2, 0) is 16.0 Å². The molecule has 0 unspecified atom stereocenters. The fraction of sp³-hybridized carbons (Fsp3) is 0.333. The number of hydrogen-bond donors (Lipinski definition) is 0. The molecule has 0 saturated heterocycles. The molecule has 2 aliphatic rings. The van der Waals surface area contributed by atoms with Crippen LogP contribution in [0.4, 0.5) is 5.69 Å². The Balaban J connectivity index is 1.55. The lowest BCUT2D eigenvalue weighted by Crippen LogP contribution is -2.46. The van der Waals surface area contributed by atoms with Gasteiger partial charge in [0.2, 0.25) is 5.91 Å². The van der Waals surface area contributed by atoms with Crippen LogP contribution in [0.2, 0.25) is 0 Å². The Morgan fingerprint density at radius 1 is 1.19 bits per heavy atom. The lowest BCUT2D eigenvalue weighted by atomic mass is 9.87. The molecule has 2 amide bonds. The molecule has 1 aliphatic heterocycles. The highest BCUT2D eigenvalue weighted by atomic mass is 16.5. The van der Waals surface area contributed by atoms with E-state index in [2.05, 4.69) is 12.1 Å². The van der Waals surface area contributed by atoms with Gasteiger partial charge in [0.15, 0.2) is 6.61 Å². The van der Waals surface area contributed by atoms with Crippen LogP contribution in [-0.4, -0.2) is 36.9 Å². The summed E-state index contributed by atoms with van der Waals surface area (Å²) < 4.78 is 5.45. The topological polar surface area (TPSA) is 49.9 Å². The van der Waals surface area contributed by atoms with E-state index in [1.54, 1.807) is 4.90 Å². The highest BCUT2D eigenvalue weighted by Crippen LogP contribution is 2.35. The Morgan fingerprint density at radius 2 is 1.96 bits per heavy atom. The van der Waals surface area contributed by atoms with Gasteiger partial charge in [-0.15, -0.1) is 0 Å². The third-order valence-corrected chi connectivity index (χ3v) is 5.30. The third-order valence-electron chi connectivity index (χ3n) is 5.30. The van der Waals surface area contributed by atoms with E-state index in [4.69, 9.17) is 4.74 Å². The minimum Gasteiger partial charge on any atom is -0.482 e. The van der Waals surface area contributed by atoms with Crippen molar-refractivity contribution >= 4 is 17.5 Å². The van der Waals surface area contributed by atoms with Crippen LogP contribution in [0.3, 0.4) is 0 Å². The number of rotatable bonds is 3. The van der Waals surface area contributed by atoms with E-state index in [0.717, 1.165) is 19.3 Å². The van der Waals surface area contributed by atoms with E-state index in [1.807, 2.05) is 43.4 Å². The summed E-state index contributed by atoms with van der Waals surface area (Å²) in [5.74, 6) is 0.400. The zero-order valence-corrected chi connectivity index (χ0v) is 14.9. The Hall–Kier alpha value is -2.82. The first-order chi connectivity index (χ1) is 12.6. The molecule has 5 nitrogen and oxygen atoms in total.